The first kappa shape index (κ1) is 12.8. The molecule has 1 aromatic carbocycles. The van der Waals surface area contributed by atoms with Crippen LogP contribution in [0.5, 0.6) is 0 Å². The van der Waals surface area contributed by atoms with E-state index in [2.05, 4.69) is 37.0 Å². The standard InChI is InChI=1S/C10H8Br2N2O2S/c1-7-5-10(9(12)6-8(7)11)17(15,16)14-4-2-3-13-14/h2-6H,1H3. The molecule has 0 aliphatic heterocycles. The van der Waals surface area contributed by atoms with E-state index in [1.54, 1.807) is 18.2 Å². The van der Waals surface area contributed by atoms with Gasteiger partial charge in [-0.15, -0.1) is 0 Å². The molecule has 1 aromatic heterocycles. The van der Waals surface area contributed by atoms with E-state index >= 15 is 0 Å². The molecule has 0 radical (unpaired) electrons. The summed E-state index contributed by atoms with van der Waals surface area (Å²) in [4.78, 5) is 0.196. The van der Waals surface area contributed by atoms with Gasteiger partial charge in [0.2, 0.25) is 0 Å². The predicted molar refractivity (Wildman–Crippen MR) is 71.4 cm³/mol. The Morgan fingerprint density at radius 2 is 1.94 bits per heavy atom. The Morgan fingerprint density at radius 1 is 1.24 bits per heavy atom. The molecule has 4 nitrogen and oxygen atoms in total. The Bertz CT molecular complexity index is 651. The number of rotatable bonds is 2. The maximum Gasteiger partial charge on any atom is 0.284 e. The summed E-state index contributed by atoms with van der Waals surface area (Å²) in [5, 5.41) is 3.75. The first-order valence-electron chi connectivity index (χ1n) is 4.64. The number of hydrogen-bond acceptors (Lipinski definition) is 3. The number of nitrogens with zero attached hydrogens (tertiary/aromatic N) is 2. The zero-order valence-electron chi connectivity index (χ0n) is 8.76. The maximum atomic E-state index is 12.2. The van der Waals surface area contributed by atoms with E-state index in [1.165, 1.54) is 12.4 Å². The van der Waals surface area contributed by atoms with Gasteiger partial charge in [0.25, 0.3) is 10.0 Å². The van der Waals surface area contributed by atoms with Gasteiger partial charge in [-0.1, -0.05) is 15.9 Å². The Morgan fingerprint density at radius 3 is 2.53 bits per heavy atom. The SMILES string of the molecule is Cc1cc(S(=O)(=O)n2cccn2)c(Br)cc1Br. The van der Waals surface area contributed by atoms with E-state index in [4.69, 9.17) is 0 Å². The van der Waals surface area contributed by atoms with Gasteiger partial charge in [-0.05, 0) is 46.6 Å². The first-order valence-corrected chi connectivity index (χ1v) is 7.66. The van der Waals surface area contributed by atoms with E-state index in [9.17, 15) is 8.42 Å². The summed E-state index contributed by atoms with van der Waals surface area (Å²) in [6.07, 6.45) is 2.83. The lowest BCUT2D eigenvalue weighted by molar-refractivity contribution is 0.579. The van der Waals surface area contributed by atoms with Crippen LogP contribution in [-0.2, 0) is 10.0 Å². The van der Waals surface area contributed by atoms with Crippen molar-refractivity contribution in [3.63, 3.8) is 0 Å². The Labute approximate surface area is 116 Å². The highest BCUT2D eigenvalue weighted by atomic mass is 79.9. The van der Waals surface area contributed by atoms with Crippen LogP contribution >= 0.6 is 31.9 Å². The average Bonchev–Trinajstić information content (AvgIpc) is 2.77. The summed E-state index contributed by atoms with van der Waals surface area (Å²) in [5.41, 5.74) is 0.846. The molecule has 90 valence electrons. The third kappa shape index (κ3) is 2.31. The molecule has 1 heterocycles. The fraction of sp³-hybridized carbons (Fsp3) is 0.100. The van der Waals surface area contributed by atoms with Gasteiger partial charge in [-0.2, -0.15) is 17.6 Å². The van der Waals surface area contributed by atoms with Gasteiger partial charge in [0.1, 0.15) is 4.90 Å². The third-order valence-electron chi connectivity index (χ3n) is 2.22. The molecule has 0 aliphatic carbocycles. The van der Waals surface area contributed by atoms with Crippen LogP contribution < -0.4 is 0 Å². The van der Waals surface area contributed by atoms with E-state index in [-0.39, 0.29) is 4.90 Å². The molecule has 0 fully saturated rings. The number of aryl methyl sites for hydroxylation is 1. The van der Waals surface area contributed by atoms with Gasteiger partial charge in [0.05, 0.1) is 6.20 Å². The summed E-state index contributed by atoms with van der Waals surface area (Å²) in [5.74, 6) is 0. The summed E-state index contributed by atoms with van der Waals surface area (Å²) in [6, 6.07) is 4.88. The quantitative estimate of drug-likeness (QED) is 0.805. The lowest BCUT2D eigenvalue weighted by atomic mass is 10.2. The molecule has 0 N–H and O–H groups in total. The van der Waals surface area contributed by atoms with Crippen molar-refractivity contribution < 1.29 is 8.42 Å². The van der Waals surface area contributed by atoms with Crippen LogP contribution in [0.3, 0.4) is 0 Å². The second kappa shape index (κ2) is 4.55. The molecule has 0 bridgehead atoms. The van der Waals surface area contributed by atoms with Crippen LogP contribution in [-0.4, -0.2) is 17.6 Å². The summed E-state index contributed by atoms with van der Waals surface area (Å²) >= 11 is 6.60. The number of hydrogen-bond donors (Lipinski definition) is 0. The number of benzene rings is 1. The molecular formula is C10H8Br2N2O2S. The van der Waals surface area contributed by atoms with Crippen molar-refractivity contribution in [2.75, 3.05) is 0 Å². The van der Waals surface area contributed by atoms with Gasteiger partial charge < -0.3 is 0 Å². The normalized spacial score (nSPS) is 11.7. The molecule has 0 amide bonds. The third-order valence-corrected chi connectivity index (χ3v) is 5.59. The van der Waals surface area contributed by atoms with E-state index in [1.807, 2.05) is 6.92 Å². The highest BCUT2D eigenvalue weighted by molar-refractivity contribution is 9.11. The monoisotopic (exact) mass is 378 g/mol. The second-order valence-electron chi connectivity index (χ2n) is 3.42. The van der Waals surface area contributed by atoms with Crippen molar-refractivity contribution in [3.8, 4) is 0 Å². The minimum atomic E-state index is -3.63. The van der Waals surface area contributed by atoms with Crippen molar-refractivity contribution in [3.05, 3.63) is 45.1 Å². The average molecular weight is 380 g/mol. The molecule has 0 saturated heterocycles. The Kier molecular flexibility index (Phi) is 3.42. The molecule has 7 heteroatoms. The molecule has 0 atom stereocenters. The molecule has 2 aromatic rings. The minimum Gasteiger partial charge on any atom is -0.199 e. The molecular weight excluding hydrogens is 372 g/mol. The minimum absolute atomic E-state index is 0.196. The molecule has 2 rings (SSSR count). The topological polar surface area (TPSA) is 52.0 Å². The van der Waals surface area contributed by atoms with Crippen LogP contribution in [0.2, 0.25) is 0 Å². The smallest absolute Gasteiger partial charge is 0.199 e. The van der Waals surface area contributed by atoms with Crippen LogP contribution in [0.4, 0.5) is 0 Å². The van der Waals surface area contributed by atoms with Crippen molar-refractivity contribution in [2.45, 2.75) is 11.8 Å². The van der Waals surface area contributed by atoms with Gasteiger partial charge in [-0.3, -0.25) is 0 Å². The second-order valence-corrected chi connectivity index (χ2v) is 6.89. The number of halogens is 2. The van der Waals surface area contributed by atoms with Crippen LogP contribution in [0, 0.1) is 6.92 Å². The lowest BCUT2D eigenvalue weighted by Gasteiger charge is -2.08. The van der Waals surface area contributed by atoms with Crippen LogP contribution in [0.1, 0.15) is 5.56 Å². The van der Waals surface area contributed by atoms with E-state index in [0.29, 0.717) is 4.47 Å². The highest BCUT2D eigenvalue weighted by Crippen LogP contribution is 2.29. The van der Waals surface area contributed by atoms with Gasteiger partial charge >= 0.3 is 0 Å². The highest BCUT2D eigenvalue weighted by Gasteiger charge is 2.21. The predicted octanol–water partition coefficient (Wildman–Crippen LogP) is 2.95. The Hall–Kier alpha value is -0.660. The zero-order valence-corrected chi connectivity index (χ0v) is 12.8. The summed E-state index contributed by atoms with van der Waals surface area (Å²) < 4.78 is 26.8. The van der Waals surface area contributed by atoms with Crippen molar-refractivity contribution in [1.29, 1.82) is 0 Å². The van der Waals surface area contributed by atoms with E-state index in [0.717, 1.165) is 14.1 Å². The molecule has 0 spiro atoms. The molecule has 0 aliphatic rings. The van der Waals surface area contributed by atoms with Crippen LogP contribution in [0.25, 0.3) is 0 Å². The molecule has 0 unspecified atom stereocenters. The largest absolute Gasteiger partial charge is 0.284 e. The maximum absolute atomic E-state index is 12.2. The zero-order chi connectivity index (χ0) is 12.6. The summed E-state index contributed by atoms with van der Waals surface area (Å²) in [6.45, 7) is 1.83. The van der Waals surface area contributed by atoms with Gasteiger partial charge in [0, 0.05) is 15.1 Å². The fourth-order valence-corrected chi connectivity index (χ4v) is 4.18. The molecule has 17 heavy (non-hydrogen) atoms. The van der Waals surface area contributed by atoms with Crippen molar-refractivity contribution in [1.82, 2.24) is 9.19 Å². The van der Waals surface area contributed by atoms with Gasteiger partial charge in [0.15, 0.2) is 0 Å². The van der Waals surface area contributed by atoms with Crippen molar-refractivity contribution >= 4 is 41.9 Å². The Balaban J connectivity index is 2.67. The van der Waals surface area contributed by atoms with Gasteiger partial charge in [-0.25, -0.2) is 0 Å². The number of aromatic nitrogens is 2. The van der Waals surface area contributed by atoms with E-state index < -0.39 is 10.0 Å². The lowest BCUT2D eigenvalue weighted by Crippen LogP contribution is -2.14. The summed E-state index contributed by atoms with van der Waals surface area (Å²) in [7, 11) is -3.63. The molecule has 0 saturated carbocycles. The van der Waals surface area contributed by atoms with Crippen molar-refractivity contribution in [2.24, 2.45) is 0 Å². The fourth-order valence-electron chi connectivity index (χ4n) is 1.33. The first-order chi connectivity index (χ1) is 7.93. The van der Waals surface area contributed by atoms with Crippen LogP contribution in [0.15, 0.2) is 44.4 Å².